The molecule has 21 heavy (non-hydrogen) atoms. The van der Waals surface area contributed by atoms with E-state index < -0.39 is 32.1 Å². The fourth-order valence-corrected chi connectivity index (χ4v) is 3.74. The van der Waals surface area contributed by atoms with Crippen molar-refractivity contribution in [1.82, 2.24) is 20.2 Å². The molecule has 112 valence electrons. The number of rotatable bonds is 4. The van der Waals surface area contributed by atoms with Gasteiger partial charge in [0.05, 0.1) is 27.6 Å². The number of benzene rings is 1. The second-order valence-corrected chi connectivity index (χ2v) is 6.74. The Hall–Kier alpha value is -1.71. The Kier molecular flexibility index (Phi) is 4.17. The highest BCUT2D eigenvalue weighted by Gasteiger charge is 2.26. The molecule has 8 nitrogen and oxygen atoms in total. The molecule has 2 rings (SSSR count). The predicted octanol–water partition coefficient (Wildman–Crippen LogP) is 1.19. The van der Waals surface area contributed by atoms with E-state index in [1.165, 1.54) is 7.05 Å². The largest absolute Gasteiger partial charge is 0.478 e. The second-order valence-electron chi connectivity index (χ2n) is 3.99. The number of aryl methyl sites for hydroxylation is 1. The van der Waals surface area contributed by atoms with Gasteiger partial charge in [0.1, 0.15) is 5.75 Å². The lowest BCUT2D eigenvalue weighted by atomic mass is 10.2. The standard InChI is InChI=1S/C10H8Cl2N4O4S/c1-16-14-7(13-15-16)4-21(19,20)6-3-2-5(11)8(9(6)12)10(17)18/h2-3H,4H2,1H3,(H,17,18). The van der Waals surface area contributed by atoms with Crippen LogP contribution in [0.25, 0.3) is 0 Å². The molecule has 1 heterocycles. The van der Waals surface area contributed by atoms with Crippen molar-refractivity contribution in [1.29, 1.82) is 0 Å². The average Bonchev–Trinajstić information content (AvgIpc) is 2.72. The van der Waals surface area contributed by atoms with Crippen LogP contribution in [-0.4, -0.2) is 39.7 Å². The number of tetrazole rings is 1. The maximum Gasteiger partial charge on any atom is 0.338 e. The molecule has 1 aromatic carbocycles. The van der Waals surface area contributed by atoms with Crippen LogP contribution < -0.4 is 0 Å². The molecule has 0 radical (unpaired) electrons. The molecule has 1 aromatic heterocycles. The molecule has 0 aliphatic rings. The van der Waals surface area contributed by atoms with Gasteiger partial charge in [-0.05, 0) is 17.3 Å². The Labute approximate surface area is 129 Å². The average molecular weight is 351 g/mol. The summed E-state index contributed by atoms with van der Waals surface area (Å²) in [7, 11) is -2.45. The van der Waals surface area contributed by atoms with E-state index in [9.17, 15) is 13.2 Å². The van der Waals surface area contributed by atoms with Crippen molar-refractivity contribution >= 4 is 39.0 Å². The molecular formula is C10H8Cl2N4O4S. The van der Waals surface area contributed by atoms with Gasteiger partial charge in [0.25, 0.3) is 0 Å². The molecule has 0 saturated heterocycles. The fourth-order valence-electron chi connectivity index (χ4n) is 1.60. The van der Waals surface area contributed by atoms with Gasteiger partial charge >= 0.3 is 5.97 Å². The SMILES string of the molecule is Cn1nnc(CS(=O)(=O)c2ccc(Cl)c(C(=O)O)c2Cl)n1. The van der Waals surface area contributed by atoms with Gasteiger partial charge in [0.15, 0.2) is 15.7 Å². The third-order valence-corrected chi connectivity index (χ3v) is 4.94. The van der Waals surface area contributed by atoms with E-state index in [0.29, 0.717) is 0 Å². The molecule has 0 atom stereocenters. The van der Waals surface area contributed by atoms with Crippen molar-refractivity contribution in [3.05, 3.63) is 33.6 Å². The summed E-state index contributed by atoms with van der Waals surface area (Å²) >= 11 is 11.6. The molecule has 0 spiro atoms. The van der Waals surface area contributed by atoms with Gasteiger partial charge in [-0.2, -0.15) is 4.80 Å². The summed E-state index contributed by atoms with van der Waals surface area (Å²) in [6.07, 6.45) is 0. The van der Waals surface area contributed by atoms with Crippen LogP contribution >= 0.6 is 23.2 Å². The molecule has 0 aliphatic carbocycles. The number of aromatic carboxylic acids is 1. The van der Waals surface area contributed by atoms with Crippen molar-refractivity contribution in [2.24, 2.45) is 7.05 Å². The van der Waals surface area contributed by atoms with E-state index in [2.05, 4.69) is 15.4 Å². The number of carbonyl (C=O) groups is 1. The van der Waals surface area contributed by atoms with Gasteiger partial charge in [-0.1, -0.05) is 23.2 Å². The maximum atomic E-state index is 12.3. The van der Waals surface area contributed by atoms with Gasteiger partial charge in [-0.15, -0.1) is 10.2 Å². The molecule has 0 amide bonds. The zero-order chi connectivity index (χ0) is 15.8. The fraction of sp³-hybridized carbons (Fsp3) is 0.200. The summed E-state index contributed by atoms with van der Waals surface area (Å²) in [5, 5.41) is 19.3. The Morgan fingerprint density at radius 3 is 2.57 bits per heavy atom. The monoisotopic (exact) mass is 350 g/mol. The topological polar surface area (TPSA) is 115 Å². The molecule has 0 saturated carbocycles. The Morgan fingerprint density at radius 1 is 1.38 bits per heavy atom. The van der Waals surface area contributed by atoms with Crippen molar-refractivity contribution < 1.29 is 18.3 Å². The number of halogens is 2. The number of hydrogen-bond donors (Lipinski definition) is 1. The van der Waals surface area contributed by atoms with Crippen LogP contribution in [0.1, 0.15) is 16.2 Å². The number of nitrogens with zero attached hydrogens (tertiary/aromatic N) is 4. The van der Waals surface area contributed by atoms with Crippen LogP contribution in [0.15, 0.2) is 17.0 Å². The third-order valence-electron chi connectivity index (χ3n) is 2.47. The lowest BCUT2D eigenvalue weighted by Gasteiger charge is -2.08. The molecule has 0 aliphatic heterocycles. The highest BCUT2D eigenvalue weighted by Crippen LogP contribution is 2.32. The quantitative estimate of drug-likeness (QED) is 0.880. The maximum absolute atomic E-state index is 12.3. The first-order chi connectivity index (χ1) is 9.72. The van der Waals surface area contributed by atoms with Gasteiger partial charge in [0.2, 0.25) is 0 Å². The van der Waals surface area contributed by atoms with E-state index in [1.807, 2.05) is 0 Å². The van der Waals surface area contributed by atoms with Crippen LogP contribution in [0.3, 0.4) is 0 Å². The molecular weight excluding hydrogens is 343 g/mol. The summed E-state index contributed by atoms with van der Waals surface area (Å²) in [5.74, 6) is -2.00. The lowest BCUT2D eigenvalue weighted by molar-refractivity contribution is 0.0697. The van der Waals surface area contributed by atoms with Gasteiger partial charge in [0, 0.05) is 0 Å². The highest BCUT2D eigenvalue weighted by molar-refractivity contribution is 7.90. The first kappa shape index (κ1) is 15.7. The number of carboxylic acids is 1. The Bertz CT molecular complexity index is 818. The second kappa shape index (κ2) is 5.58. The van der Waals surface area contributed by atoms with Crippen molar-refractivity contribution in [3.8, 4) is 0 Å². The first-order valence-electron chi connectivity index (χ1n) is 5.39. The predicted molar refractivity (Wildman–Crippen MR) is 73.1 cm³/mol. The highest BCUT2D eigenvalue weighted by atomic mass is 35.5. The first-order valence-corrected chi connectivity index (χ1v) is 7.80. The number of hydrogen-bond acceptors (Lipinski definition) is 6. The van der Waals surface area contributed by atoms with E-state index in [-0.39, 0.29) is 15.7 Å². The number of sulfone groups is 1. The van der Waals surface area contributed by atoms with Crippen LogP contribution in [0.4, 0.5) is 0 Å². The molecule has 11 heteroatoms. The van der Waals surface area contributed by atoms with Gasteiger partial charge < -0.3 is 5.11 Å². The lowest BCUT2D eigenvalue weighted by Crippen LogP contribution is -2.10. The van der Waals surface area contributed by atoms with E-state index in [4.69, 9.17) is 28.3 Å². The molecule has 2 aromatic rings. The van der Waals surface area contributed by atoms with Crippen LogP contribution in [0, 0.1) is 0 Å². The smallest absolute Gasteiger partial charge is 0.338 e. The third kappa shape index (κ3) is 3.14. The zero-order valence-electron chi connectivity index (χ0n) is 10.5. The summed E-state index contributed by atoms with van der Waals surface area (Å²) in [6.45, 7) is 0. The molecule has 0 fully saturated rings. The zero-order valence-corrected chi connectivity index (χ0v) is 12.8. The molecule has 0 bridgehead atoms. The van der Waals surface area contributed by atoms with E-state index in [1.54, 1.807) is 0 Å². The van der Waals surface area contributed by atoms with Crippen molar-refractivity contribution in [2.45, 2.75) is 10.6 Å². The van der Waals surface area contributed by atoms with E-state index in [0.717, 1.165) is 16.9 Å². The summed E-state index contributed by atoms with van der Waals surface area (Å²) in [4.78, 5) is 11.8. The van der Waals surface area contributed by atoms with Gasteiger partial charge in [-0.25, -0.2) is 13.2 Å². The van der Waals surface area contributed by atoms with Gasteiger partial charge in [-0.3, -0.25) is 0 Å². The summed E-state index contributed by atoms with van der Waals surface area (Å²) in [5.41, 5.74) is -0.466. The van der Waals surface area contributed by atoms with Crippen molar-refractivity contribution in [3.63, 3.8) is 0 Å². The van der Waals surface area contributed by atoms with E-state index >= 15 is 0 Å². The van der Waals surface area contributed by atoms with Crippen LogP contribution in [0.5, 0.6) is 0 Å². The number of aromatic nitrogens is 4. The normalized spacial score (nSPS) is 11.6. The minimum Gasteiger partial charge on any atom is -0.478 e. The summed E-state index contributed by atoms with van der Waals surface area (Å²) < 4.78 is 24.6. The Morgan fingerprint density at radius 2 is 2.05 bits per heavy atom. The molecule has 0 unspecified atom stereocenters. The van der Waals surface area contributed by atoms with Crippen molar-refractivity contribution in [2.75, 3.05) is 0 Å². The van der Waals surface area contributed by atoms with Crippen LogP contribution in [0.2, 0.25) is 10.0 Å². The minimum atomic E-state index is -3.94. The minimum absolute atomic E-state index is 0.0274. The summed E-state index contributed by atoms with van der Waals surface area (Å²) in [6, 6.07) is 2.30. The molecule has 1 N–H and O–H groups in total. The Balaban J connectivity index is 2.50. The van der Waals surface area contributed by atoms with Crippen LogP contribution in [-0.2, 0) is 22.6 Å². The number of carboxylic acid groups (broad SMARTS) is 1.